The fourth-order valence-corrected chi connectivity index (χ4v) is 3.35. The fraction of sp³-hybridized carbons (Fsp3) is 0.600. The van der Waals surface area contributed by atoms with Crippen molar-refractivity contribution in [2.45, 2.75) is 44.0 Å². The Labute approximate surface area is 131 Å². The molecule has 0 aliphatic rings. The maximum atomic E-state index is 13.0. The van der Waals surface area contributed by atoms with Gasteiger partial charge in [-0.25, -0.2) is 8.93 Å². The normalized spacial score (nSPS) is 15.5. The van der Waals surface area contributed by atoms with E-state index >= 15 is 0 Å². The van der Waals surface area contributed by atoms with Gasteiger partial charge in [0, 0.05) is 0 Å². The van der Waals surface area contributed by atoms with Crippen molar-refractivity contribution in [3.63, 3.8) is 0 Å². The molecule has 22 heavy (non-hydrogen) atoms. The maximum absolute atomic E-state index is 13.0. The van der Waals surface area contributed by atoms with Crippen LogP contribution in [0.3, 0.4) is 0 Å². The Morgan fingerprint density at radius 2 is 1.86 bits per heavy atom. The molecular weight excluding hydrogens is 315 g/mol. The molecule has 0 fully saturated rings. The van der Waals surface area contributed by atoms with Crippen LogP contribution in [0.2, 0.25) is 0 Å². The van der Waals surface area contributed by atoms with E-state index in [1.54, 1.807) is 13.1 Å². The van der Waals surface area contributed by atoms with E-state index in [1.165, 1.54) is 7.11 Å². The third-order valence-electron chi connectivity index (χ3n) is 3.55. The average molecular weight is 337 g/mol. The van der Waals surface area contributed by atoms with Gasteiger partial charge in [0.1, 0.15) is 5.75 Å². The van der Waals surface area contributed by atoms with Crippen LogP contribution in [0.25, 0.3) is 0 Å². The first kappa shape index (κ1) is 19.0. The Morgan fingerprint density at radius 1 is 1.27 bits per heavy atom. The van der Waals surface area contributed by atoms with Crippen LogP contribution in [-0.4, -0.2) is 23.1 Å². The molecule has 0 radical (unpaired) electrons. The summed E-state index contributed by atoms with van der Waals surface area (Å²) in [6, 6.07) is 3.71. The molecule has 3 nitrogen and oxygen atoms in total. The quantitative estimate of drug-likeness (QED) is 0.856. The molecule has 0 aliphatic carbocycles. The van der Waals surface area contributed by atoms with Crippen molar-refractivity contribution < 1.29 is 22.1 Å². The second kappa shape index (κ2) is 7.00. The van der Waals surface area contributed by atoms with E-state index in [1.807, 2.05) is 20.8 Å². The summed E-state index contributed by atoms with van der Waals surface area (Å²) in [5.41, 5.74) is -0.214. The molecule has 0 aromatic heterocycles. The zero-order valence-corrected chi connectivity index (χ0v) is 14.2. The minimum absolute atomic E-state index is 0.171. The highest BCUT2D eigenvalue weighted by molar-refractivity contribution is 7.84. The Kier molecular flexibility index (Phi) is 6.03. The smallest absolute Gasteiger partial charge is 0.416 e. The van der Waals surface area contributed by atoms with Crippen molar-refractivity contribution in [3.8, 4) is 5.75 Å². The van der Waals surface area contributed by atoms with Crippen LogP contribution >= 0.6 is 0 Å². The van der Waals surface area contributed by atoms with E-state index in [0.29, 0.717) is 12.0 Å². The van der Waals surface area contributed by atoms with E-state index in [4.69, 9.17) is 4.74 Å². The average Bonchev–Trinajstić information content (AvgIpc) is 2.44. The van der Waals surface area contributed by atoms with E-state index in [0.717, 1.165) is 12.1 Å². The molecule has 0 saturated heterocycles. The SMILES string of the molecule is CNS(=O)C(C)(C)C[C@@H](C)c1cc(OC)cc(C(F)(F)F)c1. The van der Waals surface area contributed by atoms with Gasteiger partial charge in [0.2, 0.25) is 0 Å². The topological polar surface area (TPSA) is 38.3 Å². The lowest BCUT2D eigenvalue weighted by molar-refractivity contribution is -0.137. The van der Waals surface area contributed by atoms with Crippen LogP contribution in [0.5, 0.6) is 5.75 Å². The number of rotatable bonds is 6. The van der Waals surface area contributed by atoms with Gasteiger partial charge in [0.25, 0.3) is 0 Å². The molecule has 1 N–H and O–H groups in total. The van der Waals surface area contributed by atoms with Gasteiger partial charge in [-0.05, 0) is 57.0 Å². The summed E-state index contributed by atoms with van der Waals surface area (Å²) >= 11 is 0. The van der Waals surface area contributed by atoms with Gasteiger partial charge in [-0.2, -0.15) is 13.2 Å². The predicted octanol–water partition coefficient (Wildman–Crippen LogP) is 3.87. The number of alkyl halides is 3. The third-order valence-corrected chi connectivity index (χ3v) is 5.09. The van der Waals surface area contributed by atoms with Gasteiger partial charge in [-0.3, -0.25) is 0 Å². The lowest BCUT2D eigenvalue weighted by Gasteiger charge is -2.27. The largest absolute Gasteiger partial charge is 0.497 e. The highest BCUT2D eigenvalue weighted by atomic mass is 32.2. The first-order valence-corrected chi connectivity index (χ1v) is 8.01. The molecular formula is C15H22F3NO2S. The van der Waals surface area contributed by atoms with Crippen molar-refractivity contribution in [3.05, 3.63) is 29.3 Å². The van der Waals surface area contributed by atoms with Gasteiger partial charge in [-0.1, -0.05) is 6.92 Å². The Morgan fingerprint density at radius 3 is 2.32 bits per heavy atom. The molecule has 1 aromatic carbocycles. The number of methoxy groups -OCH3 is 1. The number of hydrogen-bond donors (Lipinski definition) is 1. The lowest BCUT2D eigenvalue weighted by Crippen LogP contribution is -2.35. The molecule has 0 saturated carbocycles. The van der Waals surface area contributed by atoms with E-state index in [-0.39, 0.29) is 11.7 Å². The maximum Gasteiger partial charge on any atom is 0.416 e. The minimum Gasteiger partial charge on any atom is -0.497 e. The predicted molar refractivity (Wildman–Crippen MR) is 82.3 cm³/mol. The molecule has 1 unspecified atom stereocenters. The van der Waals surface area contributed by atoms with Crippen LogP contribution in [0.1, 0.15) is 44.2 Å². The van der Waals surface area contributed by atoms with Crippen LogP contribution in [0.15, 0.2) is 18.2 Å². The van der Waals surface area contributed by atoms with Crippen molar-refractivity contribution in [1.29, 1.82) is 0 Å². The summed E-state index contributed by atoms with van der Waals surface area (Å²) in [4.78, 5) is 0. The molecule has 1 rings (SSSR count). The fourth-order valence-electron chi connectivity index (χ4n) is 2.40. The summed E-state index contributed by atoms with van der Waals surface area (Å²) in [5.74, 6) is -0.0206. The highest BCUT2D eigenvalue weighted by Gasteiger charge is 2.33. The molecule has 0 bridgehead atoms. The van der Waals surface area contributed by atoms with Crippen molar-refractivity contribution in [2.75, 3.05) is 14.2 Å². The summed E-state index contributed by atoms with van der Waals surface area (Å²) in [6.07, 6.45) is -3.95. The highest BCUT2D eigenvalue weighted by Crippen LogP contribution is 2.36. The monoisotopic (exact) mass is 337 g/mol. The second-order valence-corrected chi connectivity index (χ2v) is 7.88. The van der Waals surface area contributed by atoms with Crippen molar-refractivity contribution in [2.24, 2.45) is 0 Å². The summed E-state index contributed by atoms with van der Waals surface area (Å²) in [7, 11) is 1.67. The van der Waals surface area contributed by atoms with Gasteiger partial charge in [-0.15, -0.1) is 0 Å². The number of hydrogen-bond acceptors (Lipinski definition) is 2. The second-order valence-electron chi connectivity index (χ2n) is 5.83. The summed E-state index contributed by atoms with van der Waals surface area (Å²) in [5, 5.41) is 0. The molecule has 126 valence electrons. The molecule has 0 spiro atoms. The number of benzene rings is 1. The van der Waals surface area contributed by atoms with Crippen LogP contribution in [0, 0.1) is 0 Å². The molecule has 0 amide bonds. The molecule has 0 heterocycles. The van der Waals surface area contributed by atoms with Crippen molar-refractivity contribution >= 4 is 11.0 Å². The summed E-state index contributed by atoms with van der Waals surface area (Å²) in [6.45, 7) is 5.46. The first-order valence-electron chi connectivity index (χ1n) is 6.86. The number of nitrogens with one attached hydrogen (secondary N) is 1. The van der Waals surface area contributed by atoms with Gasteiger partial charge in [0.05, 0.1) is 28.4 Å². The van der Waals surface area contributed by atoms with Crippen LogP contribution < -0.4 is 9.46 Å². The number of ether oxygens (including phenoxy) is 1. The molecule has 0 aliphatic heterocycles. The summed E-state index contributed by atoms with van der Waals surface area (Å²) < 4.78 is 57.9. The molecule has 2 atom stereocenters. The molecule has 7 heteroatoms. The van der Waals surface area contributed by atoms with E-state index in [2.05, 4.69) is 4.72 Å². The lowest BCUT2D eigenvalue weighted by atomic mass is 9.90. The standard InChI is InChI=1S/C15H22F3NO2S/c1-10(9-14(2,3)22(20)19-4)11-6-12(15(16,17)18)8-13(7-11)21-5/h6-8,10,19H,9H2,1-5H3/t10-,22?/m1/s1. The first-order chi connectivity index (χ1) is 10.0. The Balaban J connectivity index is 3.12. The van der Waals surface area contributed by atoms with Crippen LogP contribution in [0.4, 0.5) is 13.2 Å². The van der Waals surface area contributed by atoms with E-state index in [9.17, 15) is 17.4 Å². The van der Waals surface area contributed by atoms with E-state index < -0.39 is 27.5 Å². The van der Waals surface area contributed by atoms with Crippen LogP contribution in [-0.2, 0) is 17.2 Å². The zero-order chi connectivity index (χ0) is 17.1. The van der Waals surface area contributed by atoms with Gasteiger partial charge in [0.15, 0.2) is 0 Å². The zero-order valence-electron chi connectivity index (χ0n) is 13.4. The van der Waals surface area contributed by atoms with Gasteiger partial charge >= 0.3 is 6.18 Å². The Hall–Kier alpha value is -1.08. The minimum atomic E-state index is -4.42. The Bertz CT molecular complexity index is 544. The number of halogens is 3. The van der Waals surface area contributed by atoms with Gasteiger partial charge < -0.3 is 4.74 Å². The van der Waals surface area contributed by atoms with Crippen molar-refractivity contribution in [1.82, 2.24) is 4.72 Å². The molecule has 1 aromatic rings. The third kappa shape index (κ3) is 4.71.